The van der Waals surface area contributed by atoms with E-state index in [-0.39, 0.29) is 0 Å². The lowest BCUT2D eigenvalue weighted by Crippen LogP contribution is -1.75. The van der Waals surface area contributed by atoms with E-state index in [1.165, 1.54) is 0 Å². The first-order valence-electron chi connectivity index (χ1n) is 5.96. The maximum atomic E-state index is 10.1. The molecule has 17 heavy (non-hydrogen) atoms. The monoisotopic (exact) mass is 228 g/mol. The van der Waals surface area contributed by atoms with Crippen LogP contribution in [0.15, 0.2) is 48.6 Å². The Morgan fingerprint density at radius 1 is 0.882 bits per heavy atom. The van der Waals surface area contributed by atoms with Crippen LogP contribution in [0.25, 0.3) is 0 Å². The van der Waals surface area contributed by atoms with Crippen molar-refractivity contribution in [1.82, 2.24) is 0 Å². The first-order valence-corrected chi connectivity index (χ1v) is 5.96. The molecule has 0 heterocycles. The summed E-state index contributed by atoms with van der Waals surface area (Å²) in [5.41, 5.74) is 0. The van der Waals surface area contributed by atoms with Crippen molar-refractivity contribution in [3.8, 4) is 11.8 Å². The van der Waals surface area contributed by atoms with Crippen molar-refractivity contribution in [2.24, 2.45) is 0 Å². The number of allylic oxidation sites excluding steroid dienone is 8. The number of hydrogen-bond donors (Lipinski definition) is 0. The molecule has 0 unspecified atom stereocenters. The summed E-state index contributed by atoms with van der Waals surface area (Å²) in [7, 11) is 0. The average molecular weight is 228 g/mol. The highest BCUT2D eigenvalue weighted by Crippen LogP contribution is 1.98. The van der Waals surface area contributed by atoms with Gasteiger partial charge in [0.15, 0.2) is 0 Å². The number of unbranched alkanes of at least 4 members (excludes halogenated alkanes) is 3. The van der Waals surface area contributed by atoms with Gasteiger partial charge in [-0.1, -0.05) is 48.3 Å². The summed E-state index contributed by atoms with van der Waals surface area (Å²) < 4.78 is 0. The Kier molecular flexibility index (Phi) is 12.7. The number of aldehydes is 1. The Balaban J connectivity index is 3.58. The van der Waals surface area contributed by atoms with E-state index in [0.717, 1.165) is 25.5 Å². The lowest BCUT2D eigenvalue weighted by Gasteiger charge is -1.88. The van der Waals surface area contributed by atoms with Gasteiger partial charge in [0.2, 0.25) is 0 Å². The maximum Gasteiger partial charge on any atom is 0.119 e. The van der Waals surface area contributed by atoms with E-state index >= 15 is 0 Å². The Bertz CT molecular complexity index is 345. The molecule has 1 heteroatoms. The second-order valence-corrected chi connectivity index (χ2v) is 3.41. The lowest BCUT2D eigenvalue weighted by atomic mass is 10.2. The fraction of sp³-hybridized carbons (Fsp3) is 0.312. The number of carbonyl (C=O) groups excluding carboxylic acids is 1. The quantitative estimate of drug-likeness (QED) is 0.279. The van der Waals surface area contributed by atoms with E-state index in [4.69, 9.17) is 0 Å². The molecule has 0 amide bonds. The minimum atomic E-state index is 0.674. The van der Waals surface area contributed by atoms with Crippen LogP contribution in [0.4, 0.5) is 0 Å². The number of carbonyl (C=O) groups is 1. The van der Waals surface area contributed by atoms with E-state index in [9.17, 15) is 4.79 Å². The summed E-state index contributed by atoms with van der Waals surface area (Å²) in [5.74, 6) is 5.80. The molecule has 0 saturated carbocycles. The molecule has 0 aliphatic carbocycles. The minimum absolute atomic E-state index is 0.674. The maximum absolute atomic E-state index is 10.1. The van der Waals surface area contributed by atoms with Gasteiger partial charge in [-0.3, -0.25) is 0 Å². The Morgan fingerprint density at radius 3 is 2.18 bits per heavy atom. The fourth-order valence-corrected chi connectivity index (χ4v) is 1.08. The standard InChI is InChI=1S/C16H20O/c1-2-3-4-5-6-7-8-9-10-11-12-13-14-15-16-17/h2-5,8-11,16H,12-15H2,1H3/b3-2+,5-4+,9-8+,11-10+. The van der Waals surface area contributed by atoms with Gasteiger partial charge in [-0.2, -0.15) is 0 Å². The first-order chi connectivity index (χ1) is 8.41. The molecule has 0 aromatic carbocycles. The van der Waals surface area contributed by atoms with E-state index in [1.54, 1.807) is 0 Å². The average Bonchev–Trinajstić information content (AvgIpc) is 2.35. The van der Waals surface area contributed by atoms with Crippen molar-refractivity contribution in [1.29, 1.82) is 0 Å². The zero-order valence-corrected chi connectivity index (χ0v) is 10.4. The topological polar surface area (TPSA) is 17.1 Å². The zero-order chi connectivity index (χ0) is 12.6. The van der Waals surface area contributed by atoms with Crippen LogP contribution in [0.3, 0.4) is 0 Å². The summed E-state index contributed by atoms with van der Waals surface area (Å²) in [6.07, 6.45) is 20.2. The molecule has 0 atom stereocenters. The molecule has 0 aliphatic rings. The van der Waals surface area contributed by atoms with Crippen molar-refractivity contribution in [3.05, 3.63) is 48.6 Å². The van der Waals surface area contributed by atoms with Gasteiger partial charge in [0.25, 0.3) is 0 Å². The van der Waals surface area contributed by atoms with Crippen LogP contribution in [0.2, 0.25) is 0 Å². The van der Waals surface area contributed by atoms with E-state index in [1.807, 2.05) is 49.5 Å². The molecular weight excluding hydrogens is 208 g/mol. The summed E-state index contributed by atoms with van der Waals surface area (Å²) in [6, 6.07) is 0. The van der Waals surface area contributed by atoms with Gasteiger partial charge in [-0.15, -0.1) is 0 Å². The molecule has 0 radical (unpaired) electrons. The first kappa shape index (κ1) is 15.2. The molecule has 90 valence electrons. The van der Waals surface area contributed by atoms with Crippen LogP contribution < -0.4 is 0 Å². The molecule has 0 aliphatic heterocycles. The summed E-state index contributed by atoms with van der Waals surface area (Å²) >= 11 is 0. The van der Waals surface area contributed by atoms with Gasteiger partial charge in [0.1, 0.15) is 6.29 Å². The Labute approximate surface area is 105 Å². The second kappa shape index (κ2) is 14.2. The highest BCUT2D eigenvalue weighted by molar-refractivity contribution is 5.48. The van der Waals surface area contributed by atoms with Crippen LogP contribution in [0.5, 0.6) is 0 Å². The molecular formula is C16H20O. The predicted molar refractivity (Wildman–Crippen MR) is 74.5 cm³/mol. The minimum Gasteiger partial charge on any atom is -0.303 e. The van der Waals surface area contributed by atoms with Crippen molar-refractivity contribution in [2.45, 2.75) is 32.6 Å². The molecule has 1 nitrogen and oxygen atoms in total. The van der Waals surface area contributed by atoms with Crippen LogP contribution in [0.1, 0.15) is 32.6 Å². The number of hydrogen-bond acceptors (Lipinski definition) is 1. The normalized spacial score (nSPS) is 11.6. The third kappa shape index (κ3) is 14.2. The molecule has 0 rings (SSSR count). The van der Waals surface area contributed by atoms with Crippen LogP contribution >= 0.6 is 0 Å². The van der Waals surface area contributed by atoms with E-state index < -0.39 is 0 Å². The largest absolute Gasteiger partial charge is 0.303 e. The molecule has 0 bridgehead atoms. The van der Waals surface area contributed by atoms with Crippen molar-refractivity contribution in [3.63, 3.8) is 0 Å². The summed E-state index contributed by atoms with van der Waals surface area (Å²) in [4.78, 5) is 10.1. The van der Waals surface area contributed by atoms with Crippen molar-refractivity contribution < 1.29 is 4.79 Å². The van der Waals surface area contributed by atoms with E-state index in [0.29, 0.717) is 6.42 Å². The molecule has 0 fully saturated rings. The van der Waals surface area contributed by atoms with Gasteiger partial charge >= 0.3 is 0 Å². The highest BCUT2D eigenvalue weighted by Gasteiger charge is 1.82. The van der Waals surface area contributed by atoms with Crippen LogP contribution in [-0.2, 0) is 4.79 Å². The van der Waals surface area contributed by atoms with E-state index in [2.05, 4.69) is 17.9 Å². The molecule has 0 spiro atoms. The SMILES string of the molecule is C/C=C/C=C/C#C/C=C/C=C/CCCCC=O. The Hall–Kier alpha value is -1.81. The molecule has 0 saturated heterocycles. The van der Waals surface area contributed by atoms with Crippen LogP contribution in [0, 0.1) is 11.8 Å². The summed E-state index contributed by atoms with van der Waals surface area (Å²) in [6.45, 7) is 1.97. The lowest BCUT2D eigenvalue weighted by molar-refractivity contribution is -0.107. The van der Waals surface area contributed by atoms with Gasteiger partial charge in [0, 0.05) is 6.42 Å². The van der Waals surface area contributed by atoms with Gasteiger partial charge in [-0.05, 0) is 38.3 Å². The Morgan fingerprint density at radius 2 is 1.53 bits per heavy atom. The zero-order valence-electron chi connectivity index (χ0n) is 10.4. The predicted octanol–water partition coefficient (Wildman–Crippen LogP) is 3.99. The van der Waals surface area contributed by atoms with Gasteiger partial charge < -0.3 is 4.79 Å². The highest BCUT2D eigenvalue weighted by atomic mass is 16.1. The van der Waals surface area contributed by atoms with Gasteiger partial charge in [0.05, 0.1) is 0 Å². The molecule has 0 aromatic rings. The molecule has 0 aromatic heterocycles. The number of rotatable bonds is 7. The van der Waals surface area contributed by atoms with Crippen molar-refractivity contribution >= 4 is 6.29 Å². The molecule has 0 N–H and O–H groups in total. The van der Waals surface area contributed by atoms with Gasteiger partial charge in [-0.25, -0.2) is 0 Å². The second-order valence-electron chi connectivity index (χ2n) is 3.41. The fourth-order valence-electron chi connectivity index (χ4n) is 1.08. The third-order valence-corrected chi connectivity index (χ3v) is 1.94. The summed E-state index contributed by atoms with van der Waals surface area (Å²) in [5, 5.41) is 0. The third-order valence-electron chi connectivity index (χ3n) is 1.94. The van der Waals surface area contributed by atoms with Crippen LogP contribution in [-0.4, -0.2) is 6.29 Å². The van der Waals surface area contributed by atoms with Crippen molar-refractivity contribution in [2.75, 3.05) is 0 Å². The smallest absolute Gasteiger partial charge is 0.119 e.